The Labute approximate surface area is 412 Å². The molecule has 0 saturated carbocycles. The lowest BCUT2D eigenvalue weighted by atomic mass is 9.98. The fourth-order valence-electron chi connectivity index (χ4n) is 12.0. The smallest absolute Gasteiger partial charge is 0.143 e. The van der Waals surface area contributed by atoms with Gasteiger partial charge in [0.2, 0.25) is 0 Å². The molecule has 0 bridgehead atoms. The maximum atomic E-state index is 6.61. The van der Waals surface area contributed by atoms with Crippen LogP contribution in [0, 0.1) is 0 Å². The van der Waals surface area contributed by atoms with Crippen molar-refractivity contribution < 1.29 is 8.83 Å². The molecule has 0 aliphatic heterocycles. The van der Waals surface area contributed by atoms with Gasteiger partial charge in [0.25, 0.3) is 0 Å². The van der Waals surface area contributed by atoms with Crippen molar-refractivity contribution >= 4 is 109 Å². The van der Waals surface area contributed by atoms with Crippen molar-refractivity contribution in [1.29, 1.82) is 0 Å². The molecule has 0 fully saturated rings. The molecule has 0 spiro atoms. The third-order valence-electron chi connectivity index (χ3n) is 15.3. The third kappa shape index (κ3) is 5.63. The van der Waals surface area contributed by atoms with Crippen LogP contribution in [0.15, 0.2) is 251 Å². The first-order valence-corrected chi connectivity index (χ1v) is 24.6. The Hall–Kier alpha value is -9.64. The minimum absolute atomic E-state index is 0.896. The second-order valence-electron chi connectivity index (χ2n) is 19.2. The van der Waals surface area contributed by atoms with Gasteiger partial charge in [-0.3, -0.25) is 0 Å². The zero-order valence-corrected chi connectivity index (χ0v) is 38.8. The highest BCUT2D eigenvalue weighted by molar-refractivity contribution is 6.23. The van der Waals surface area contributed by atoms with E-state index >= 15 is 0 Å². The van der Waals surface area contributed by atoms with Crippen LogP contribution >= 0.6 is 0 Å². The first kappa shape index (κ1) is 39.2. The molecule has 4 nitrogen and oxygen atoms in total. The summed E-state index contributed by atoms with van der Waals surface area (Å²) in [4.78, 5) is 0. The van der Waals surface area contributed by atoms with Crippen LogP contribution < -0.4 is 0 Å². The molecule has 0 N–H and O–H groups in total. The molecule has 0 saturated heterocycles. The predicted octanol–water partition coefficient (Wildman–Crippen LogP) is 19.0. The molecule has 0 radical (unpaired) electrons. The van der Waals surface area contributed by atoms with Crippen molar-refractivity contribution in [2.45, 2.75) is 0 Å². The molecule has 16 rings (SSSR count). The van der Waals surface area contributed by atoms with Gasteiger partial charge in [-0.05, 0) is 111 Å². The van der Waals surface area contributed by atoms with Crippen LogP contribution in [-0.2, 0) is 0 Å². The van der Waals surface area contributed by atoms with Gasteiger partial charge in [-0.25, -0.2) is 0 Å². The van der Waals surface area contributed by atoms with Crippen molar-refractivity contribution in [1.82, 2.24) is 9.13 Å². The van der Waals surface area contributed by atoms with E-state index < -0.39 is 0 Å². The second-order valence-corrected chi connectivity index (χ2v) is 19.2. The highest BCUT2D eigenvalue weighted by atomic mass is 16.3. The maximum Gasteiger partial charge on any atom is 0.143 e. The van der Waals surface area contributed by atoms with Gasteiger partial charge < -0.3 is 18.0 Å². The average molecular weight is 917 g/mol. The lowest BCUT2D eigenvalue weighted by molar-refractivity contribution is 0.669. The van der Waals surface area contributed by atoms with E-state index in [1.165, 1.54) is 65.4 Å². The van der Waals surface area contributed by atoms with Crippen molar-refractivity contribution in [3.63, 3.8) is 0 Å². The largest absolute Gasteiger partial charge is 0.455 e. The second kappa shape index (κ2) is 14.9. The van der Waals surface area contributed by atoms with Gasteiger partial charge >= 0.3 is 0 Å². The van der Waals surface area contributed by atoms with Gasteiger partial charge in [-0.15, -0.1) is 0 Å². The highest BCUT2D eigenvalue weighted by Crippen LogP contribution is 2.44. The third-order valence-corrected chi connectivity index (χ3v) is 15.3. The summed E-state index contributed by atoms with van der Waals surface area (Å²) in [6.45, 7) is 0. The molecule has 16 aromatic rings. The molecule has 72 heavy (non-hydrogen) atoms. The zero-order valence-electron chi connectivity index (χ0n) is 38.8. The fraction of sp³-hybridized carbons (Fsp3) is 0. The lowest BCUT2D eigenvalue weighted by Gasteiger charge is -2.12. The summed E-state index contributed by atoms with van der Waals surface area (Å²) in [5.41, 5.74) is 17.2. The van der Waals surface area contributed by atoms with Gasteiger partial charge in [0.15, 0.2) is 0 Å². The Bertz CT molecular complexity index is 4920. The summed E-state index contributed by atoms with van der Waals surface area (Å²) >= 11 is 0. The molecule has 0 amide bonds. The number of para-hydroxylation sites is 4. The van der Waals surface area contributed by atoms with E-state index in [0.29, 0.717) is 0 Å². The van der Waals surface area contributed by atoms with E-state index in [1.807, 2.05) is 18.2 Å². The van der Waals surface area contributed by atoms with Crippen molar-refractivity contribution in [3.05, 3.63) is 243 Å². The fourth-order valence-corrected chi connectivity index (χ4v) is 12.0. The van der Waals surface area contributed by atoms with Gasteiger partial charge in [0.1, 0.15) is 22.3 Å². The Balaban J connectivity index is 0.905. The number of rotatable bonds is 5. The molecule has 0 aliphatic rings. The molecule has 0 atom stereocenters. The highest BCUT2D eigenvalue weighted by Gasteiger charge is 2.21. The van der Waals surface area contributed by atoms with Crippen LogP contribution in [0.1, 0.15) is 0 Å². The summed E-state index contributed by atoms with van der Waals surface area (Å²) in [7, 11) is 0. The number of aromatic nitrogens is 2. The molecular formula is C68H40N2O2. The van der Waals surface area contributed by atoms with Crippen molar-refractivity contribution in [3.8, 4) is 44.8 Å². The lowest BCUT2D eigenvalue weighted by Crippen LogP contribution is -1.95. The molecule has 0 unspecified atom stereocenters. The summed E-state index contributed by atoms with van der Waals surface area (Å²) in [6, 6.07) is 88.2. The first-order chi connectivity index (χ1) is 35.7. The molecule has 334 valence electrons. The van der Waals surface area contributed by atoms with Crippen LogP contribution in [0.25, 0.3) is 154 Å². The van der Waals surface area contributed by atoms with Crippen LogP contribution in [-0.4, -0.2) is 9.13 Å². The van der Waals surface area contributed by atoms with Crippen molar-refractivity contribution in [2.75, 3.05) is 0 Å². The van der Waals surface area contributed by atoms with Crippen LogP contribution in [0.4, 0.5) is 0 Å². The van der Waals surface area contributed by atoms with E-state index in [2.05, 4.69) is 234 Å². The number of benzene rings is 12. The number of nitrogens with zero attached hydrogens (tertiary/aromatic N) is 2. The van der Waals surface area contributed by atoms with Gasteiger partial charge in [-0.1, -0.05) is 170 Å². The van der Waals surface area contributed by atoms with E-state index in [9.17, 15) is 0 Å². The summed E-state index contributed by atoms with van der Waals surface area (Å²) < 4.78 is 18.0. The summed E-state index contributed by atoms with van der Waals surface area (Å²) in [5.74, 6) is 0. The van der Waals surface area contributed by atoms with Crippen molar-refractivity contribution in [2.24, 2.45) is 0 Å². The van der Waals surface area contributed by atoms with Gasteiger partial charge in [0.05, 0.1) is 27.8 Å². The average Bonchev–Trinajstić information content (AvgIpc) is 4.20. The molecular weight excluding hydrogens is 877 g/mol. The molecule has 4 heteroatoms. The number of fused-ring (bicyclic) bond motifs is 15. The van der Waals surface area contributed by atoms with E-state index in [4.69, 9.17) is 8.83 Å². The number of hydrogen-bond donors (Lipinski definition) is 0. The Morgan fingerprint density at radius 3 is 1.39 bits per heavy atom. The zero-order chi connectivity index (χ0) is 47.0. The van der Waals surface area contributed by atoms with Gasteiger partial charge in [0, 0.05) is 65.3 Å². The molecule has 12 aromatic carbocycles. The number of furan rings is 2. The Morgan fingerprint density at radius 2 is 0.722 bits per heavy atom. The minimum Gasteiger partial charge on any atom is -0.455 e. The van der Waals surface area contributed by atoms with Crippen LogP contribution in [0.2, 0.25) is 0 Å². The Kier molecular flexibility index (Phi) is 8.14. The van der Waals surface area contributed by atoms with E-state index in [-0.39, 0.29) is 0 Å². The molecule has 0 aliphatic carbocycles. The van der Waals surface area contributed by atoms with Crippen LogP contribution in [0.3, 0.4) is 0 Å². The summed E-state index contributed by atoms with van der Waals surface area (Å²) in [6.07, 6.45) is 0. The topological polar surface area (TPSA) is 36.1 Å². The maximum absolute atomic E-state index is 6.61. The van der Waals surface area contributed by atoms with Gasteiger partial charge in [-0.2, -0.15) is 0 Å². The molecule has 4 aromatic heterocycles. The Morgan fingerprint density at radius 1 is 0.264 bits per heavy atom. The van der Waals surface area contributed by atoms with E-state index in [0.717, 1.165) is 88.4 Å². The molecule has 4 heterocycles. The summed E-state index contributed by atoms with van der Waals surface area (Å²) in [5, 5.41) is 14.3. The standard InChI is InChI=1S/C68H40N2O2/c1-3-15-48-41(12-1)14-9-23-59(48)70-62-35-30-45(39-58(62)66-49-16-4-2-13-42(49)28-37-63(66)70)44-29-34-60-56(38-44)57-40-46(51-20-11-22-55-53-18-6-8-25-65(53)72-68(51)55)31-36-61(57)69(60)47-32-26-43(27-33-47)50-19-10-21-54-52-17-5-7-24-64(52)71-67(50)54/h1-40H. The predicted molar refractivity (Wildman–Crippen MR) is 301 cm³/mol. The minimum atomic E-state index is 0.896. The van der Waals surface area contributed by atoms with Crippen LogP contribution in [0.5, 0.6) is 0 Å². The first-order valence-electron chi connectivity index (χ1n) is 24.6. The normalized spacial score (nSPS) is 12.2. The number of hydrogen-bond acceptors (Lipinski definition) is 2. The monoisotopic (exact) mass is 916 g/mol. The van der Waals surface area contributed by atoms with E-state index in [1.54, 1.807) is 0 Å². The quantitative estimate of drug-likeness (QED) is 0.172. The SMILES string of the molecule is c1ccc2c(-n3c4ccc(-c5ccc6c(c5)c5cc(-c7cccc8c7oc7ccccc78)ccc5n6-c5ccc(-c6cccc7c6oc6ccccc67)cc5)cc4c4c5ccccc5ccc43)cccc2c1.